The normalized spacial score (nSPS) is 11.4. The van der Waals surface area contributed by atoms with Gasteiger partial charge in [0.25, 0.3) is 0 Å². The minimum absolute atomic E-state index is 0.217. The standard InChI is InChI=1S/C25H38N2O2/c28-20-18-26(22-24-12-6-4-7-13-24)16-10-2-1-3-11-17-27(19-21-29)23-25-14-8-5-9-15-25/h4-9,12-15,28-29H,1-3,10-11,16-23H2. The van der Waals surface area contributed by atoms with Gasteiger partial charge < -0.3 is 10.2 Å². The maximum absolute atomic E-state index is 9.32. The van der Waals surface area contributed by atoms with Crippen LogP contribution in [0.4, 0.5) is 0 Å². The maximum Gasteiger partial charge on any atom is 0.0558 e. The van der Waals surface area contributed by atoms with Crippen LogP contribution in [0.5, 0.6) is 0 Å². The number of rotatable bonds is 16. The van der Waals surface area contributed by atoms with Gasteiger partial charge in [-0.05, 0) is 37.1 Å². The van der Waals surface area contributed by atoms with Crippen LogP contribution in [0.2, 0.25) is 0 Å². The number of hydrogen-bond acceptors (Lipinski definition) is 4. The Balaban J connectivity index is 1.58. The average Bonchev–Trinajstić information content (AvgIpc) is 2.74. The zero-order chi connectivity index (χ0) is 20.6. The van der Waals surface area contributed by atoms with Crippen molar-refractivity contribution in [2.45, 2.75) is 45.2 Å². The summed E-state index contributed by atoms with van der Waals surface area (Å²) in [6, 6.07) is 21.0. The van der Waals surface area contributed by atoms with E-state index in [-0.39, 0.29) is 13.2 Å². The van der Waals surface area contributed by atoms with Crippen LogP contribution in [-0.4, -0.2) is 59.4 Å². The van der Waals surface area contributed by atoms with Crippen LogP contribution in [0.15, 0.2) is 60.7 Å². The smallest absolute Gasteiger partial charge is 0.0558 e. The molecule has 29 heavy (non-hydrogen) atoms. The summed E-state index contributed by atoms with van der Waals surface area (Å²) in [5.41, 5.74) is 2.62. The zero-order valence-corrected chi connectivity index (χ0v) is 17.8. The number of hydrogen-bond donors (Lipinski definition) is 2. The van der Waals surface area contributed by atoms with E-state index in [0.29, 0.717) is 0 Å². The van der Waals surface area contributed by atoms with E-state index < -0.39 is 0 Å². The topological polar surface area (TPSA) is 46.9 Å². The zero-order valence-electron chi connectivity index (χ0n) is 17.8. The van der Waals surface area contributed by atoms with Gasteiger partial charge in [-0.2, -0.15) is 0 Å². The quantitative estimate of drug-likeness (QED) is 0.421. The molecule has 4 heteroatoms. The molecule has 0 saturated carbocycles. The van der Waals surface area contributed by atoms with Gasteiger partial charge >= 0.3 is 0 Å². The highest BCUT2D eigenvalue weighted by atomic mass is 16.3. The summed E-state index contributed by atoms with van der Waals surface area (Å²) in [5.74, 6) is 0. The van der Waals surface area contributed by atoms with Crippen molar-refractivity contribution < 1.29 is 10.2 Å². The lowest BCUT2D eigenvalue weighted by atomic mass is 10.1. The predicted octanol–water partition coefficient (Wildman–Crippen LogP) is 3.93. The Kier molecular flexibility index (Phi) is 12.3. The Morgan fingerprint density at radius 2 is 0.862 bits per heavy atom. The largest absolute Gasteiger partial charge is 0.395 e. The second-order valence-corrected chi connectivity index (χ2v) is 7.74. The highest BCUT2D eigenvalue weighted by molar-refractivity contribution is 5.15. The van der Waals surface area contributed by atoms with E-state index in [1.54, 1.807) is 0 Å². The van der Waals surface area contributed by atoms with Gasteiger partial charge in [-0.15, -0.1) is 0 Å². The van der Waals surface area contributed by atoms with Crippen molar-refractivity contribution in [3.8, 4) is 0 Å². The third kappa shape index (κ3) is 10.6. The van der Waals surface area contributed by atoms with E-state index in [1.165, 1.54) is 43.2 Å². The van der Waals surface area contributed by atoms with E-state index in [9.17, 15) is 10.2 Å². The SMILES string of the molecule is OCCN(CCCCCCCN(CCO)Cc1ccccc1)Cc1ccccc1. The molecule has 0 aliphatic heterocycles. The summed E-state index contributed by atoms with van der Waals surface area (Å²) >= 11 is 0. The van der Waals surface area contributed by atoms with Crippen molar-refractivity contribution in [1.29, 1.82) is 0 Å². The highest BCUT2D eigenvalue weighted by Gasteiger charge is 2.07. The first-order valence-corrected chi connectivity index (χ1v) is 11.1. The van der Waals surface area contributed by atoms with Crippen molar-refractivity contribution in [2.24, 2.45) is 0 Å². The molecule has 0 fully saturated rings. The van der Waals surface area contributed by atoms with E-state index in [0.717, 1.165) is 39.3 Å². The van der Waals surface area contributed by atoms with Crippen molar-refractivity contribution in [2.75, 3.05) is 39.4 Å². The molecule has 0 unspecified atom stereocenters. The molecule has 160 valence electrons. The third-order valence-corrected chi connectivity index (χ3v) is 5.28. The fourth-order valence-electron chi connectivity index (χ4n) is 3.71. The molecule has 0 radical (unpaired) electrons. The Labute approximate surface area is 176 Å². The number of nitrogens with zero attached hydrogens (tertiary/aromatic N) is 2. The van der Waals surface area contributed by atoms with Crippen LogP contribution in [0.25, 0.3) is 0 Å². The van der Waals surface area contributed by atoms with Gasteiger partial charge in [0.2, 0.25) is 0 Å². The summed E-state index contributed by atoms with van der Waals surface area (Å²) < 4.78 is 0. The summed E-state index contributed by atoms with van der Waals surface area (Å²) in [6.07, 6.45) is 6.07. The minimum atomic E-state index is 0.217. The van der Waals surface area contributed by atoms with Gasteiger partial charge in [-0.1, -0.05) is 79.9 Å². The highest BCUT2D eigenvalue weighted by Crippen LogP contribution is 2.10. The van der Waals surface area contributed by atoms with Crippen LogP contribution in [-0.2, 0) is 13.1 Å². The lowest BCUT2D eigenvalue weighted by molar-refractivity contribution is 0.184. The molecular formula is C25H38N2O2. The molecule has 0 aliphatic carbocycles. The predicted molar refractivity (Wildman–Crippen MR) is 121 cm³/mol. The monoisotopic (exact) mass is 398 g/mol. The first kappa shape index (κ1) is 23.6. The molecular weight excluding hydrogens is 360 g/mol. The van der Waals surface area contributed by atoms with Crippen molar-refractivity contribution in [1.82, 2.24) is 9.80 Å². The van der Waals surface area contributed by atoms with Gasteiger partial charge in [-0.3, -0.25) is 9.80 Å². The van der Waals surface area contributed by atoms with Crippen LogP contribution < -0.4 is 0 Å². The van der Waals surface area contributed by atoms with Crippen LogP contribution in [0.1, 0.15) is 43.2 Å². The van der Waals surface area contributed by atoms with Gasteiger partial charge in [0, 0.05) is 26.2 Å². The lowest BCUT2D eigenvalue weighted by Crippen LogP contribution is -2.28. The molecule has 0 spiro atoms. The average molecular weight is 399 g/mol. The molecule has 0 atom stereocenters. The molecule has 2 aromatic carbocycles. The van der Waals surface area contributed by atoms with Crippen LogP contribution >= 0.6 is 0 Å². The van der Waals surface area contributed by atoms with E-state index in [2.05, 4.69) is 58.3 Å². The van der Waals surface area contributed by atoms with Gasteiger partial charge in [0.1, 0.15) is 0 Å². The number of benzene rings is 2. The molecule has 2 N–H and O–H groups in total. The summed E-state index contributed by atoms with van der Waals surface area (Å²) in [5, 5.41) is 18.6. The van der Waals surface area contributed by atoms with E-state index in [1.807, 2.05) is 12.1 Å². The fourth-order valence-corrected chi connectivity index (χ4v) is 3.71. The van der Waals surface area contributed by atoms with Crippen molar-refractivity contribution in [3.05, 3.63) is 71.8 Å². The first-order chi connectivity index (χ1) is 14.3. The van der Waals surface area contributed by atoms with E-state index in [4.69, 9.17) is 0 Å². The van der Waals surface area contributed by atoms with Crippen molar-refractivity contribution >= 4 is 0 Å². The lowest BCUT2D eigenvalue weighted by Gasteiger charge is -2.22. The van der Waals surface area contributed by atoms with Gasteiger partial charge in [-0.25, -0.2) is 0 Å². The number of unbranched alkanes of at least 4 members (excludes halogenated alkanes) is 4. The maximum atomic E-state index is 9.32. The number of aliphatic hydroxyl groups excluding tert-OH is 2. The van der Waals surface area contributed by atoms with Gasteiger partial charge in [0.15, 0.2) is 0 Å². The second kappa shape index (κ2) is 15.2. The first-order valence-electron chi connectivity index (χ1n) is 11.1. The molecule has 0 aromatic heterocycles. The molecule has 2 rings (SSSR count). The Morgan fingerprint density at radius 1 is 0.483 bits per heavy atom. The molecule has 0 heterocycles. The molecule has 0 aliphatic rings. The molecule has 0 saturated heterocycles. The fraction of sp³-hybridized carbons (Fsp3) is 0.520. The van der Waals surface area contributed by atoms with Crippen molar-refractivity contribution in [3.63, 3.8) is 0 Å². The summed E-state index contributed by atoms with van der Waals surface area (Å²) in [4.78, 5) is 4.69. The minimum Gasteiger partial charge on any atom is -0.395 e. The van der Waals surface area contributed by atoms with Crippen LogP contribution in [0, 0.1) is 0 Å². The summed E-state index contributed by atoms with van der Waals surface area (Å²) in [7, 11) is 0. The Hall–Kier alpha value is -1.72. The molecule has 4 nitrogen and oxygen atoms in total. The second-order valence-electron chi connectivity index (χ2n) is 7.74. The third-order valence-electron chi connectivity index (χ3n) is 5.28. The Morgan fingerprint density at radius 3 is 1.24 bits per heavy atom. The molecule has 0 amide bonds. The molecule has 0 bridgehead atoms. The number of aliphatic hydroxyl groups is 2. The molecule has 2 aromatic rings. The van der Waals surface area contributed by atoms with E-state index >= 15 is 0 Å². The Bertz CT molecular complexity index is 566. The van der Waals surface area contributed by atoms with Crippen LogP contribution in [0.3, 0.4) is 0 Å². The van der Waals surface area contributed by atoms with Gasteiger partial charge in [0.05, 0.1) is 13.2 Å². The summed E-state index contributed by atoms with van der Waals surface area (Å²) in [6.45, 7) is 5.83.